The molecule has 60 valence electrons. The maximum Gasteiger partial charge on any atom is 0.169 e. The highest BCUT2D eigenvalue weighted by Gasteiger charge is 2.43. The number of ether oxygens (including phenoxy) is 2. The van der Waals surface area contributed by atoms with Crippen molar-refractivity contribution >= 4 is 0 Å². The number of hydrogen-bond donors (Lipinski definition) is 0. The van der Waals surface area contributed by atoms with E-state index in [4.69, 9.17) is 14.7 Å². The van der Waals surface area contributed by atoms with Crippen LogP contribution in [-0.2, 0) is 9.47 Å². The molecule has 0 aromatic heterocycles. The van der Waals surface area contributed by atoms with E-state index in [2.05, 4.69) is 6.07 Å². The van der Waals surface area contributed by atoms with Crippen LogP contribution in [0.4, 0.5) is 0 Å². The van der Waals surface area contributed by atoms with Crippen molar-refractivity contribution in [2.75, 3.05) is 13.2 Å². The fourth-order valence-electron chi connectivity index (χ4n) is 1.84. The predicted molar refractivity (Wildman–Crippen MR) is 37.6 cm³/mol. The van der Waals surface area contributed by atoms with Gasteiger partial charge in [-0.1, -0.05) is 0 Å². The molecule has 2 aliphatic rings. The minimum atomic E-state index is -0.361. The molecule has 2 fully saturated rings. The first-order chi connectivity index (χ1) is 5.35. The van der Waals surface area contributed by atoms with Gasteiger partial charge in [0.15, 0.2) is 5.79 Å². The van der Waals surface area contributed by atoms with E-state index in [1.165, 1.54) is 0 Å². The van der Waals surface area contributed by atoms with Crippen molar-refractivity contribution < 1.29 is 9.47 Å². The lowest BCUT2D eigenvalue weighted by atomic mass is 10.1. The Morgan fingerprint density at radius 1 is 1.36 bits per heavy atom. The summed E-state index contributed by atoms with van der Waals surface area (Å²) in [7, 11) is 0. The molecule has 1 spiro atoms. The fourth-order valence-corrected chi connectivity index (χ4v) is 1.84. The number of rotatable bonds is 0. The minimum absolute atomic E-state index is 0.146. The zero-order chi connectivity index (χ0) is 7.73. The Morgan fingerprint density at radius 2 is 2.09 bits per heavy atom. The summed E-state index contributed by atoms with van der Waals surface area (Å²) in [5.41, 5.74) is 0. The third-order valence-corrected chi connectivity index (χ3v) is 2.43. The van der Waals surface area contributed by atoms with E-state index in [0.29, 0.717) is 13.2 Å². The molecule has 0 aromatic rings. The van der Waals surface area contributed by atoms with E-state index in [9.17, 15) is 0 Å². The van der Waals surface area contributed by atoms with Gasteiger partial charge in [0, 0.05) is 12.8 Å². The van der Waals surface area contributed by atoms with Crippen LogP contribution in [0.5, 0.6) is 0 Å². The topological polar surface area (TPSA) is 42.2 Å². The summed E-state index contributed by atoms with van der Waals surface area (Å²) in [4.78, 5) is 0. The molecule has 0 bridgehead atoms. The molecule has 2 rings (SSSR count). The van der Waals surface area contributed by atoms with E-state index in [1.807, 2.05) is 0 Å². The van der Waals surface area contributed by atoms with Crippen LogP contribution in [0.25, 0.3) is 0 Å². The third kappa shape index (κ3) is 1.13. The van der Waals surface area contributed by atoms with Gasteiger partial charge in [0.05, 0.1) is 25.2 Å². The zero-order valence-corrected chi connectivity index (χ0v) is 6.38. The van der Waals surface area contributed by atoms with Crippen LogP contribution in [0.1, 0.15) is 19.3 Å². The van der Waals surface area contributed by atoms with Crippen molar-refractivity contribution in [3.8, 4) is 6.07 Å². The Bertz CT molecular complexity index is 191. The van der Waals surface area contributed by atoms with E-state index >= 15 is 0 Å². The largest absolute Gasteiger partial charge is 0.347 e. The molecule has 0 N–H and O–H groups in total. The van der Waals surface area contributed by atoms with Crippen LogP contribution in [0.3, 0.4) is 0 Å². The highest BCUT2D eigenvalue weighted by Crippen LogP contribution is 2.40. The van der Waals surface area contributed by atoms with Crippen molar-refractivity contribution in [1.29, 1.82) is 5.26 Å². The molecule has 1 saturated carbocycles. The van der Waals surface area contributed by atoms with Gasteiger partial charge in [0.2, 0.25) is 0 Å². The predicted octanol–water partition coefficient (Wildman–Crippen LogP) is 1.05. The standard InChI is InChI=1S/C8H11NO2/c9-6-7-1-2-8(5-7)10-3-4-11-8/h7H,1-5H2. The quantitative estimate of drug-likeness (QED) is 0.522. The maximum absolute atomic E-state index is 8.65. The van der Waals surface area contributed by atoms with Crippen molar-refractivity contribution in [2.24, 2.45) is 5.92 Å². The lowest BCUT2D eigenvalue weighted by molar-refractivity contribution is -0.151. The van der Waals surface area contributed by atoms with E-state index in [-0.39, 0.29) is 11.7 Å². The minimum Gasteiger partial charge on any atom is -0.347 e. The molecule has 1 atom stereocenters. The molecule has 1 heterocycles. The van der Waals surface area contributed by atoms with Crippen molar-refractivity contribution in [3.05, 3.63) is 0 Å². The summed E-state index contributed by atoms with van der Waals surface area (Å²) in [5, 5.41) is 8.65. The lowest BCUT2D eigenvalue weighted by Crippen LogP contribution is -2.25. The molecule has 0 radical (unpaired) electrons. The number of nitrogens with zero attached hydrogens (tertiary/aromatic N) is 1. The van der Waals surface area contributed by atoms with Gasteiger partial charge in [-0.3, -0.25) is 0 Å². The third-order valence-electron chi connectivity index (χ3n) is 2.43. The van der Waals surface area contributed by atoms with Gasteiger partial charge in [-0.05, 0) is 6.42 Å². The molecule has 3 heteroatoms. The average Bonchev–Trinajstić information content (AvgIpc) is 2.62. The SMILES string of the molecule is N#CC1CCC2(C1)OCCO2. The summed E-state index contributed by atoms with van der Waals surface area (Å²) in [6, 6.07) is 2.26. The smallest absolute Gasteiger partial charge is 0.169 e. The number of hydrogen-bond acceptors (Lipinski definition) is 3. The van der Waals surface area contributed by atoms with Crippen molar-refractivity contribution in [3.63, 3.8) is 0 Å². The average molecular weight is 153 g/mol. The Labute approximate surface area is 65.9 Å². The number of nitriles is 1. The summed E-state index contributed by atoms with van der Waals surface area (Å²) in [6.07, 6.45) is 2.59. The fraction of sp³-hybridized carbons (Fsp3) is 0.875. The first kappa shape index (κ1) is 7.08. The van der Waals surface area contributed by atoms with Crippen LogP contribution in [-0.4, -0.2) is 19.0 Å². The van der Waals surface area contributed by atoms with Crippen LogP contribution in [0.2, 0.25) is 0 Å². The van der Waals surface area contributed by atoms with Gasteiger partial charge in [-0.15, -0.1) is 0 Å². The van der Waals surface area contributed by atoms with Crippen LogP contribution >= 0.6 is 0 Å². The monoisotopic (exact) mass is 153 g/mol. The van der Waals surface area contributed by atoms with Crippen molar-refractivity contribution in [2.45, 2.75) is 25.0 Å². The Balaban J connectivity index is 2.03. The molecule has 3 nitrogen and oxygen atoms in total. The Hall–Kier alpha value is -0.590. The van der Waals surface area contributed by atoms with Gasteiger partial charge in [0.25, 0.3) is 0 Å². The molecule has 1 saturated heterocycles. The molecule has 0 amide bonds. The lowest BCUT2D eigenvalue weighted by Gasteiger charge is -2.20. The molecule has 1 aliphatic heterocycles. The second-order valence-corrected chi connectivity index (χ2v) is 3.18. The molecule has 11 heavy (non-hydrogen) atoms. The summed E-state index contributed by atoms with van der Waals surface area (Å²) in [6.45, 7) is 1.39. The second kappa shape index (κ2) is 2.47. The van der Waals surface area contributed by atoms with Gasteiger partial charge in [-0.25, -0.2) is 0 Å². The van der Waals surface area contributed by atoms with E-state index < -0.39 is 0 Å². The van der Waals surface area contributed by atoms with E-state index in [0.717, 1.165) is 19.3 Å². The highest BCUT2D eigenvalue weighted by molar-refractivity contribution is 4.95. The summed E-state index contributed by atoms with van der Waals surface area (Å²) >= 11 is 0. The first-order valence-corrected chi connectivity index (χ1v) is 4.02. The van der Waals surface area contributed by atoms with Gasteiger partial charge >= 0.3 is 0 Å². The molecule has 1 unspecified atom stereocenters. The summed E-state index contributed by atoms with van der Waals surface area (Å²) in [5.74, 6) is -0.214. The molecular formula is C8H11NO2. The van der Waals surface area contributed by atoms with Crippen LogP contribution < -0.4 is 0 Å². The van der Waals surface area contributed by atoms with Crippen LogP contribution in [0.15, 0.2) is 0 Å². The first-order valence-electron chi connectivity index (χ1n) is 4.02. The normalized spacial score (nSPS) is 34.3. The maximum atomic E-state index is 8.65. The highest BCUT2D eigenvalue weighted by atomic mass is 16.7. The molecule has 0 aromatic carbocycles. The van der Waals surface area contributed by atoms with Gasteiger partial charge in [0.1, 0.15) is 0 Å². The van der Waals surface area contributed by atoms with Crippen LogP contribution in [0, 0.1) is 17.2 Å². The molecular weight excluding hydrogens is 142 g/mol. The van der Waals surface area contributed by atoms with Crippen molar-refractivity contribution in [1.82, 2.24) is 0 Å². The molecule has 1 aliphatic carbocycles. The van der Waals surface area contributed by atoms with Gasteiger partial charge < -0.3 is 9.47 Å². The van der Waals surface area contributed by atoms with E-state index in [1.54, 1.807) is 0 Å². The summed E-state index contributed by atoms with van der Waals surface area (Å²) < 4.78 is 10.9. The Morgan fingerprint density at radius 3 is 2.64 bits per heavy atom. The van der Waals surface area contributed by atoms with Gasteiger partial charge in [-0.2, -0.15) is 5.26 Å². The second-order valence-electron chi connectivity index (χ2n) is 3.18. The zero-order valence-electron chi connectivity index (χ0n) is 6.38. The Kier molecular flexibility index (Phi) is 1.59.